The Morgan fingerprint density at radius 2 is 1.76 bits per heavy atom. The van der Waals surface area contributed by atoms with Gasteiger partial charge in [0.05, 0.1) is 51.5 Å². The number of aliphatic hydroxyl groups excluding tert-OH is 2. The number of phosphoric ester groups is 1. The van der Waals surface area contributed by atoms with Crippen LogP contribution in [0.5, 0.6) is 5.75 Å². The molecular formula is C57H83N3O14P+. The molecule has 4 aliphatic carbocycles. The van der Waals surface area contributed by atoms with Crippen LogP contribution >= 0.6 is 7.82 Å². The van der Waals surface area contributed by atoms with E-state index >= 15 is 0 Å². The highest BCUT2D eigenvalue weighted by atomic mass is 31.2. The highest BCUT2D eigenvalue weighted by molar-refractivity contribution is 7.46. The van der Waals surface area contributed by atoms with Gasteiger partial charge in [0, 0.05) is 42.1 Å². The molecule has 2 saturated heterocycles. The lowest BCUT2D eigenvalue weighted by Gasteiger charge is -2.59. The minimum Gasteiger partial charge on any atom is -0.466 e. The molecule has 0 bridgehead atoms. The lowest BCUT2D eigenvalue weighted by Crippen LogP contribution is -2.64. The van der Waals surface area contributed by atoms with E-state index in [1.54, 1.807) is 29.2 Å². The second-order valence-electron chi connectivity index (χ2n) is 22.8. The minimum absolute atomic E-state index is 0.00666. The molecule has 0 aromatic heterocycles. The Balaban J connectivity index is 0.821. The van der Waals surface area contributed by atoms with Crippen molar-refractivity contribution >= 4 is 25.5 Å². The molecular weight excluding hydrogens is 982 g/mol. The number of unbranched alkanes of at least 4 members (excludes halogenated alkanes) is 4. The minimum atomic E-state index is -4.79. The fraction of sp³-hybridized carbons (Fsp3) is 0.667. The summed E-state index contributed by atoms with van der Waals surface area (Å²) >= 11 is 0. The second kappa shape index (κ2) is 24.9. The molecule has 75 heavy (non-hydrogen) atoms. The third-order valence-corrected chi connectivity index (χ3v) is 18.1. The summed E-state index contributed by atoms with van der Waals surface area (Å²) in [4.78, 5) is 61.3. The summed E-state index contributed by atoms with van der Waals surface area (Å²) in [6, 6.07) is 15.8. The zero-order chi connectivity index (χ0) is 53.4. The standard InChI is InChI=1S/C57H82N3O14P/c1-5-15-52-73-51-34-46-45-21-20-43-33-44(61)23-24-55(43,2)53(45)47(62)35-56(46,3)57(51,74-52)50(64)38-70-54(65)59-26-28-60(4,29-27-59)37-42-32-41(19-22-49(42)71-39-72-75(66,67)68)48(63)36-58-25-12-6-7-13-30-69-31-14-11-18-40-16-9-8-10-17-40/h8-10,16-17,19,22-24,32-33,45-48,51-53,58,62-63H,5-7,11-15,18,20-21,25-31,34-39H2,1-4H3,(H-,66,67,68)/p+1/t45-,46-,47-,48?,51+,52?,53+,55-,56-,57+/m0/s1. The number of ether oxygens (including phenoxy) is 5. The van der Waals surface area contributed by atoms with E-state index in [9.17, 15) is 38.9 Å². The number of likely N-dealkylation sites (N-methyl/N-ethyl adjacent to an activating group) is 1. The Hall–Kier alpha value is -3.84. The highest BCUT2D eigenvalue weighted by Crippen LogP contribution is 2.69. The van der Waals surface area contributed by atoms with Crippen LogP contribution in [0.1, 0.15) is 121 Å². The molecule has 3 saturated carbocycles. The van der Waals surface area contributed by atoms with Crippen LogP contribution in [-0.2, 0) is 50.6 Å². The van der Waals surface area contributed by atoms with Crippen LogP contribution in [0.3, 0.4) is 0 Å². The maximum absolute atomic E-state index is 14.8. The first-order valence-electron chi connectivity index (χ1n) is 27.6. The van der Waals surface area contributed by atoms with E-state index in [1.165, 1.54) is 5.56 Å². The number of ketones is 2. The molecule has 10 atom stereocenters. The van der Waals surface area contributed by atoms with Gasteiger partial charge in [-0.15, -0.1) is 0 Å². The van der Waals surface area contributed by atoms with Gasteiger partial charge in [-0.05, 0) is 118 Å². The zero-order valence-corrected chi connectivity index (χ0v) is 45.5. The third-order valence-electron chi connectivity index (χ3n) is 17.7. The lowest BCUT2D eigenvalue weighted by molar-refractivity contribution is -0.926. The van der Waals surface area contributed by atoms with E-state index in [1.807, 2.05) is 32.2 Å². The van der Waals surface area contributed by atoms with Crippen LogP contribution in [-0.4, -0.2) is 144 Å². The molecule has 6 aliphatic rings. The van der Waals surface area contributed by atoms with Gasteiger partial charge in [-0.2, -0.15) is 0 Å². The second-order valence-corrected chi connectivity index (χ2v) is 24.0. The van der Waals surface area contributed by atoms with E-state index in [0.717, 1.165) is 89.5 Å². The third kappa shape index (κ3) is 13.2. The molecule has 8 rings (SSSR count). The van der Waals surface area contributed by atoms with Gasteiger partial charge in [-0.1, -0.05) is 88.1 Å². The molecule has 2 aliphatic heterocycles. The monoisotopic (exact) mass is 1060 g/mol. The Kier molecular flexibility index (Phi) is 19.0. The molecule has 18 heteroatoms. The van der Waals surface area contributed by atoms with Crippen molar-refractivity contribution in [3.63, 3.8) is 0 Å². The molecule has 0 spiro atoms. The van der Waals surface area contributed by atoms with Crippen LogP contribution in [0.15, 0.2) is 72.3 Å². The predicted octanol–water partition coefficient (Wildman–Crippen LogP) is 7.49. The van der Waals surface area contributed by atoms with Gasteiger partial charge in [0.1, 0.15) is 12.3 Å². The highest BCUT2D eigenvalue weighted by Gasteiger charge is 2.76. The number of hydrogen-bond donors (Lipinski definition) is 5. The van der Waals surface area contributed by atoms with E-state index in [0.29, 0.717) is 79.9 Å². The van der Waals surface area contributed by atoms with Gasteiger partial charge in [0.25, 0.3) is 0 Å². The summed E-state index contributed by atoms with van der Waals surface area (Å²) in [5.74, 6) is -0.116. The summed E-state index contributed by atoms with van der Waals surface area (Å²) in [7, 11) is -2.75. The number of piperazine rings is 1. The van der Waals surface area contributed by atoms with Gasteiger partial charge in [0.2, 0.25) is 5.78 Å². The smallest absolute Gasteiger partial charge is 0.466 e. The molecule has 2 aromatic carbocycles. The number of carbonyl (C=O) groups excluding carboxylic acids is 3. The number of rotatable bonds is 26. The first kappa shape index (κ1) is 57.3. The summed E-state index contributed by atoms with van der Waals surface area (Å²) < 4.78 is 47.3. The number of amides is 1. The van der Waals surface area contributed by atoms with E-state index in [2.05, 4.69) is 48.0 Å². The Morgan fingerprint density at radius 1 is 1.01 bits per heavy atom. The SMILES string of the molecule is CCCC1O[C@@H]2C[C@H]3[C@@H]4CCC5=CC(=O)C=C[C@]5(C)[C@H]4[C@@H](O)C[C@]3(C)[C@]2(C(=O)COC(=O)N2CC[N+](C)(Cc3cc(C(O)CNCCCCCCOCCCCc4ccccc4)ccc3OCOP(=O)(O)O)CC2)O1. The summed E-state index contributed by atoms with van der Waals surface area (Å²) in [6.07, 6.45) is 13.1. The van der Waals surface area contributed by atoms with E-state index < -0.39 is 68.3 Å². The van der Waals surface area contributed by atoms with Gasteiger partial charge in [-0.25, -0.2) is 13.9 Å². The van der Waals surface area contributed by atoms with Crippen molar-refractivity contribution in [3.05, 3.63) is 89.0 Å². The number of Topliss-reactive ketones (excluding diaryl/α,β-unsaturated/α-hetero) is 1. The van der Waals surface area contributed by atoms with Crippen molar-refractivity contribution in [2.75, 3.05) is 72.9 Å². The molecule has 0 radical (unpaired) electrons. The molecule has 17 nitrogen and oxygen atoms in total. The van der Waals surface area contributed by atoms with Gasteiger partial charge in [0.15, 0.2) is 31.1 Å². The molecule has 414 valence electrons. The normalized spacial score (nSPS) is 30.2. The zero-order valence-electron chi connectivity index (χ0n) is 44.6. The van der Waals surface area contributed by atoms with Crippen LogP contribution in [0.4, 0.5) is 4.79 Å². The van der Waals surface area contributed by atoms with Crippen molar-refractivity contribution in [2.45, 2.75) is 141 Å². The van der Waals surface area contributed by atoms with Crippen molar-refractivity contribution < 1.29 is 71.6 Å². The summed E-state index contributed by atoms with van der Waals surface area (Å²) in [5, 5.41) is 26.8. The number of allylic oxidation sites excluding steroid dienone is 4. The topological polar surface area (TPSA) is 220 Å². The van der Waals surface area contributed by atoms with Crippen molar-refractivity contribution in [3.8, 4) is 5.75 Å². The fourth-order valence-electron chi connectivity index (χ4n) is 13.7. The molecule has 5 fully saturated rings. The maximum Gasteiger partial charge on any atom is 0.472 e. The molecule has 2 heterocycles. The molecule has 2 aromatic rings. The molecule has 1 amide bonds. The quantitative estimate of drug-likeness (QED) is 0.0267. The van der Waals surface area contributed by atoms with Crippen LogP contribution < -0.4 is 10.1 Å². The average molecular weight is 1070 g/mol. The van der Waals surface area contributed by atoms with E-state index in [-0.39, 0.29) is 29.3 Å². The Morgan fingerprint density at radius 3 is 2.51 bits per heavy atom. The number of nitrogens with zero attached hydrogens (tertiary/aromatic N) is 2. The Bertz CT molecular complexity index is 2390. The Labute approximate surface area is 443 Å². The number of quaternary nitrogens is 1. The number of carbonyl (C=O) groups is 3. The fourth-order valence-corrected chi connectivity index (χ4v) is 13.9. The van der Waals surface area contributed by atoms with Gasteiger partial charge < -0.3 is 53.5 Å². The number of aliphatic hydroxyl groups is 2. The summed E-state index contributed by atoms with van der Waals surface area (Å²) in [5.41, 5.74) is 1.09. The predicted molar refractivity (Wildman–Crippen MR) is 280 cm³/mol. The largest absolute Gasteiger partial charge is 0.472 e. The number of phosphoric acid groups is 1. The van der Waals surface area contributed by atoms with Crippen molar-refractivity contribution in [1.82, 2.24) is 10.2 Å². The van der Waals surface area contributed by atoms with Crippen LogP contribution in [0.25, 0.3) is 0 Å². The van der Waals surface area contributed by atoms with Crippen molar-refractivity contribution in [2.24, 2.45) is 28.6 Å². The first-order valence-corrected chi connectivity index (χ1v) is 29.1. The number of hydrogen-bond acceptors (Lipinski definition) is 13. The van der Waals surface area contributed by atoms with Crippen LogP contribution in [0.2, 0.25) is 0 Å². The maximum atomic E-state index is 14.8. The van der Waals surface area contributed by atoms with Crippen LogP contribution in [0, 0.1) is 28.6 Å². The van der Waals surface area contributed by atoms with Gasteiger partial charge >= 0.3 is 13.9 Å². The molecule has 5 N–H and O–H groups in total. The average Bonchev–Trinajstić information content (AvgIpc) is 3.86. The van der Waals surface area contributed by atoms with E-state index in [4.69, 9.17) is 23.7 Å². The lowest BCUT2D eigenvalue weighted by atomic mass is 9.46. The number of fused-ring (bicyclic) bond motifs is 7. The summed E-state index contributed by atoms with van der Waals surface area (Å²) in [6.45, 7) is 9.75. The number of aryl methyl sites for hydroxylation is 1. The van der Waals surface area contributed by atoms with Crippen molar-refractivity contribution in [1.29, 1.82) is 0 Å². The van der Waals surface area contributed by atoms with Gasteiger partial charge in [-0.3, -0.25) is 14.5 Å². The first-order chi connectivity index (χ1) is 35.9. The molecule has 2 unspecified atom stereocenters. The number of benzene rings is 2. The number of nitrogens with one attached hydrogen (secondary N) is 1.